The molecule has 0 aromatic carbocycles. The van der Waals surface area contributed by atoms with E-state index < -0.39 is 5.82 Å². The number of nitrogens with zero attached hydrogens (tertiary/aromatic N) is 5. The lowest BCUT2D eigenvalue weighted by molar-refractivity contribution is 0.616. The molecule has 0 amide bonds. The van der Waals surface area contributed by atoms with Crippen molar-refractivity contribution in [3.63, 3.8) is 0 Å². The Bertz CT molecular complexity index is 510. The van der Waals surface area contributed by atoms with Gasteiger partial charge >= 0.3 is 0 Å². The Labute approximate surface area is 97.1 Å². The highest BCUT2D eigenvalue weighted by Crippen LogP contribution is 2.11. The van der Waals surface area contributed by atoms with Crippen LogP contribution in [0.5, 0.6) is 0 Å². The SMILES string of the molecule is CNc1ncc(F)c(NCc2ncn(C)n2)n1. The highest BCUT2D eigenvalue weighted by molar-refractivity contribution is 5.40. The molecule has 2 aromatic rings. The molecule has 2 rings (SSSR count). The third-order valence-corrected chi connectivity index (χ3v) is 2.03. The van der Waals surface area contributed by atoms with Gasteiger partial charge in [0.05, 0.1) is 12.7 Å². The molecule has 2 aromatic heterocycles. The predicted molar refractivity (Wildman–Crippen MR) is 59.9 cm³/mol. The van der Waals surface area contributed by atoms with E-state index in [9.17, 15) is 4.39 Å². The fourth-order valence-electron chi connectivity index (χ4n) is 1.24. The highest BCUT2D eigenvalue weighted by Gasteiger charge is 2.07. The fourth-order valence-corrected chi connectivity index (χ4v) is 1.24. The van der Waals surface area contributed by atoms with Gasteiger partial charge in [0.1, 0.15) is 6.33 Å². The van der Waals surface area contributed by atoms with E-state index in [1.165, 1.54) is 0 Å². The average molecular weight is 237 g/mol. The molecule has 0 aliphatic carbocycles. The largest absolute Gasteiger partial charge is 0.360 e. The summed E-state index contributed by atoms with van der Waals surface area (Å²) in [5.74, 6) is 0.524. The van der Waals surface area contributed by atoms with Gasteiger partial charge in [-0.3, -0.25) is 4.68 Å². The average Bonchev–Trinajstić information content (AvgIpc) is 2.74. The van der Waals surface area contributed by atoms with Gasteiger partial charge in [0.2, 0.25) is 5.95 Å². The minimum Gasteiger partial charge on any atom is -0.360 e. The Hall–Kier alpha value is -2.25. The standard InChI is InChI=1S/C9H12FN7/c1-11-9-13-3-6(10)8(15-9)12-4-7-14-5-17(2)16-7/h3,5H,4H2,1-2H3,(H2,11,12,13,15). The van der Waals surface area contributed by atoms with E-state index in [1.54, 1.807) is 25.1 Å². The zero-order valence-corrected chi connectivity index (χ0v) is 9.48. The summed E-state index contributed by atoms with van der Waals surface area (Å²) in [5, 5.41) is 9.61. The van der Waals surface area contributed by atoms with Crippen molar-refractivity contribution >= 4 is 11.8 Å². The van der Waals surface area contributed by atoms with Crippen molar-refractivity contribution in [2.75, 3.05) is 17.7 Å². The molecule has 8 heteroatoms. The van der Waals surface area contributed by atoms with Gasteiger partial charge in [0.25, 0.3) is 0 Å². The Morgan fingerprint density at radius 3 is 2.88 bits per heavy atom. The molecule has 2 N–H and O–H groups in total. The predicted octanol–water partition coefficient (Wildman–Crippen LogP) is 0.398. The van der Waals surface area contributed by atoms with Crippen LogP contribution in [-0.4, -0.2) is 31.8 Å². The zero-order valence-electron chi connectivity index (χ0n) is 9.48. The molecule has 0 unspecified atom stereocenters. The van der Waals surface area contributed by atoms with Gasteiger partial charge in [-0.1, -0.05) is 0 Å². The molecule has 17 heavy (non-hydrogen) atoms. The van der Waals surface area contributed by atoms with Crippen LogP contribution in [0.15, 0.2) is 12.5 Å². The van der Waals surface area contributed by atoms with Crippen LogP contribution in [0.4, 0.5) is 16.2 Å². The number of rotatable bonds is 4. The van der Waals surface area contributed by atoms with E-state index in [4.69, 9.17) is 0 Å². The van der Waals surface area contributed by atoms with E-state index in [1.807, 2.05) is 0 Å². The minimum atomic E-state index is -0.514. The minimum absolute atomic E-state index is 0.122. The van der Waals surface area contributed by atoms with Crippen LogP contribution >= 0.6 is 0 Å². The fraction of sp³-hybridized carbons (Fsp3) is 0.333. The molecule has 0 saturated carbocycles. The Kier molecular flexibility index (Phi) is 3.12. The Balaban J connectivity index is 2.07. The zero-order chi connectivity index (χ0) is 12.3. The molecule has 0 fully saturated rings. The summed E-state index contributed by atoms with van der Waals surface area (Å²) in [4.78, 5) is 11.7. The molecule has 0 atom stereocenters. The van der Waals surface area contributed by atoms with E-state index >= 15 is 0 Å². The van der Waals surface area contributed by atoms with E-state index in [0.717, 1.165) is 6.20 Å². The first-order chi connectivity index (χ1) is 8.19. The van der Waals surface area contributed by atoms with E-state index in [2.05, 4.69) is 30.7 Å². The topological polar surface area (TPSA) is 80.5 Å². The van der Waals surface area contributed by atoms with Crippen LogP contribution in [0.2, 0.25) is 0 Å². The molecule has 0 bridgehead atoms. The van der Waals surface area contributed by atoms with Crippen LogP contribution in [0.1, 0.15) is 5.82 Å². The van der Waals surface area contributed by atoms with Crippen molar-refractivity contribution in [2.45, 2.75) is 6.54 Å². The van der Waals surface area contributed by atoms with Crippen LogP contribution in [0.25, 0.3) is 0 Å². The van der Waals surface area contributed by atoms with Gasteiger partial charge in [-0.25, -0.2) is 14.4 Å². The first kappa shape index (κ1) is 11.2. The van der Waals surface area contributed by atoms with Crippen molar-refractivity contribution in [1.29, 1.82) is 0 Å². The monoisotopic (exact) mass is 237 g/mol. The molecule has 7 nitrogen and oxygen atoms in total. The van der Waals surface area contributed by atoms with Gasteiger partial charge in [0.15, 0.2) is 17.5 Å². The summed E-state index contributed by atoms with van der Waals surface area (Å²) in [7, 11) is 3.43. The molecule has 90 valence electrons. The van der Waals surface area contributed by atoms with Crippen LogP contribution in [0, 0.1) is 5.82 Å². The summed E-state index contributed by atoms with van der Waals surface area (Å²) < 4.78 is 14.9. The van der Waals surface area contributed by atoms with Crippen molar-refractivity contribution in [1.82, 2.24) is 24.7 Å². The van der Waals surface area contributed by atoms with Gasteiger partial charge in [0, 0.05) is 14.1 Å². The number of anilines is 2. The number of nitrogens with one attached hydrogen (secondary N) is 2. The maximum atomic E-state index is 13.4. The first-order valence-electron chi connectivity index (χ1n) is 4.97. The highest BCUT2D eigenvalue weighted by atomic mass is 19.1. The van der Waals surface area contributed by atoms with Crippen molar-refractivity contribution < 1.29 is 4.39 Å². The van der Waals surface area contributed by atoms with Gasteiger partial charge in [-0.2, -0.15) is 10.1 Å². The van der Waals surface area contributed by atoms with E-state index in [0.29, 0.717) is 18.3 Å². The Morgan fingerprint density at radius 1 is 1.41 bits per heavy atom. The number of hydrogen-bond donors (Lipinski definition) is 2. The van der Waals surface area contributed by atoms with Crippen LogP contribution < -0.4 is 10.6 Å². The normalized spacial score (nSPS) is 10.3. The number of aromatic nitrogens is 5. The maximum absolute atomic E-state index is 13.4. The number of halogens is 1. The number of aryl methyl sites for hydroxylation is 1. The summed E-state index contributed by atoms with van der Waals surface area (Å²) in [6.45, 7) is 0.303. The second-order valence-corrected chi connectivity index (χ2v) is 3.33. The molecule has 0 aliphatic rings. The molecule has 0 aliphatic heterocycles. The second kappa shape index (κ2) is 4.73. The molecular weight excluding hydrogens is 225 g/mol. The van der Waals surface area contributed by atoms with Gasteiger partial charge in [-0.05, 0) is 0 Å². The third-order valence-electron chi connectivity index (χ3n) is 2.03. The lowest BCUT2D eigenvalue weighted by atomic mass is 10.5. The van der Waals surface area contributed by atoms with E-state index in [-0.39, 0.29) is 5.82 Å². The lowest BCUT2D eigenvalue weighted by Gasteiger charge is -2.05. The Morgan fingerprint density at radius 2 is 2.24 bits per heavy atom. The maximum Gasteiger partial charge on any atom is 0.224 e. The van der Waals surface area contributed by atoms with Crippen molar-refractivity contribution in [2.24, 2.45) is 7.05 Å². The molecular formula is C9H12FN7. The quantitative estimate of drug-likeness (QED) is 0.801. The van der Waals surface area contributed by atoms with Gasteiger partial charge < -0.3 is 10.6 Å². The van der Waals surface area contributed by atoms with Gasteiger partial charge in [-0.15, -0.1) is 0 Å². The third kappa shape index (κ3) is 2.65. The summed E-state index contributed by atoms with van der Waals surface area (Å²) >= 11 is 0. The van der Waals surface area contributed by atoms with Crippen molar-refractivity contribution in [3.8, 4) is 0 Å². The van der Waals surface area contributed by atoms with Crippen LogP contribution in [-0.2, 0) is 13.6 Å². The molecule has 0 radical (unpaired) electrons. The lowest BCUT2D eigenvalue weighted by Crippen LogP contribution is -2.08. The summed E-state index contributed by atoms with van der Waals surface area (Å²) in [5.41, 5.74) is 0. The summed E-state index contributed by atoms with van der Waals surface area (Å²) in [6.07, 6.45) is 2.68. The number of hydrogen-bond acceptors (Lipinski definition) is 6. The van der Waals surface area contributed by atoms with Crippen molar-refractivity contribution in [3.05, 3.63) is 24.2 Å². The second-order valence-electron chi connectivity index (χ2n) is 3.33. The molecule has 0 saturated heterocycles. The summed E-state index contributed by atoms with van der Waals surface area (Å²) in [6, 6.07) is 0. The smallest absolute Gasteiger partial charge is 0.224 e. The molecule has 2 heterocycles. The van der Waals surface area contributed by atoms with Crippen LogP contribution in [0.3, 0.4) is 0 Å². The molecule has 0 spiro atoms. The first-order valence-corrected chi connectivity index (χ1v) is 4.97.